The van der Waals surface area contributed by atoms with Gasteiger partial charge in [-0.05, 0) is 29.8 Å². The standard InChI is InChI=1S/C17H13F3N2O3/c18-17(19,20)12-7-5-11(6-8-12)9-21-22-16(23)15-10-24-13-3-1-2-4-14(13)25-15/h1-9,15H,10H2,(H,22,23). The number of rotatable bonds is 3. The van der Waals surface area contributed by atoms with Gasteiger partial charge in [0.2, 0.25) is 6.10 Å². The van der Waals surface area contributed by atoms with Crippen molar-refractivity contribution in [1.29, 1.82) is 0 Å². The van der Waals surface area contributed by atoms with E-state index in [1.165, 1.54) is 18.3 Å². The minimum absolute atomic E-state index is 0.0403. The number of alkyl halides is 3. The third-order valence-corrected chi connectivity index (χ3v) is 3.43. The Labute approximate surface area is 141 Å². The number of fused-ring (bicyclic) bond motifs is 1. The second kappa shape index (κ2) is 6.84. The molecule has 2 aromatic rings. The second-order valence-corrected chi connectivity index (χ2v) is 5.22. The minimum atomic E-state index is -4.39. The number of hydrogen-bond acceptors (Lipinski definition) is 4. The summed E-state index contributed by atoms with van der Waals surface area (Å²) in [5, 5.41) is 3.72. The Kier molecular flexibility index (Phi) is 4.60. The molecule has 0 spiro atoms. The first-order valence-electron chi connectivity index (χ1n) is 7.32. The van der Waals surface area contributed by atoms with Gasteiger partial charge in [0.25, 0.3) is 5.91 Å². The van der Waals surface area contributed by atoms with Crippen LogP contribution in [0.25, 0.3) is 0 Å². The molecule has 0 aliphatic carbocycles. The van der Waals surface area contributed by atoms with E-state index in [-0.39, 0.29) is 6.61 Å². The van der Waals surface area contributed by atoms with Crippen LogP contribution in [0.15, 0.2) is 53.6 Å². The fourth-order valence-electron chi connectivity index (χ4n) is 2.15. The highest BCUT2D eigenvalue weighted by Crippen LogP contribution is 2.31. The van der Waals surface area contributed by atoms with Crippen molar-refractivity contribution in [2.24, 2.45) is 5.10 Å². The van der Waals surface area contributed by atoms with E-state index in [0.717, 1.165) is 12.1 Å². The first-order chi connectivity index (χ1) is 11.9. The van der Waals surface area contributed by atoms with Crippen molar-refractivity contribution >= 4 is 12.1 Å². The summed E-state index contributed by atoms with van der Waals surface area (Å²) in [6, 6.07) is 11.4. The molecule has 0 saturated carbocycles. The highest BCUT2D eigenvalue weighted by molar-refractivity contribution is 5.85. The fourth-order valence-corrected chi connectivity index (χ4v) is 2.15. The molecule has 8 heteroatoms. The molecule has 1 amide bonds. The normalized spacial score (nSPS) is 16.7. The molecule has 1 aliphatic rings. The van der Waals surface area contributed by atoms with Crippen LogP contribution in [0.2, 0.25) is 0 Å². The van der Waals surface area contributed by atoms with Gasteiger partial charge in [0.05, 0.1) is 11.8 Å². The highest BCUT2D eigenvalue weighted by atomic mass is 19.4. The van der Waals surface area contributed by atoms with Crippen LogP contribution in [0.1, 0.15) is 11.1 Å². The lowest BCUT2D eigenvalue weighted by Crippen LogP contribution is -2.42. The average molecular weight is 350 g/mol. The van der Waals surface area contributed by atoms with Gasteiger partial charge < -0.3 is 9.47 Å². The summed E-state index contributed by atoms with van der Waals surface area (Å²) in [5.41, 5.74) is 1.95. The number of halogens is 3. The number of benzene rings is 2. The van der Waals surface area contributed by atoms with Gasteiger partial charge in [0.15, 0.2) is 11.5 Å². The Balaban J connectivity index is 1.56. The lowest BCUT2D eigenvalue weighted by Gasteiger charge is -2.24. The Morgan fingerprint density at radius 3 is 2.48 bits per heavy atom. The first kappa shape index (κ1) is 16.8. The number of nitrogens with zero attached hydrogens (tertiary/aromatic N) is 1. The number of hydrogen-bond donors (Lipinski definition) is 1. The SMILES string of the molecule is O=C(NN=Cc1ccc(C(F)(F)F)cc1)C1COc2ccccc2O1. The lowest BCUT2D eigenvalue weighted by molar-refractivity contribution is -0.137. The summed E-state index contributed by atoms with van der Waals surface area (Å²) < 4.78 is 48.4. The van der Waals surface area contributed by atoms with E-state index in [1.807, 2.05) is 0 Å². The smallest absolute Gasteiger partial charge is 0.416 e. The van der Waals surface area contributed by atoms with Crippen LogP contribution < -0.4 is 14.9 Å². The quantitative estimate of drug-likeness (QED) is 0.684. The molecule has 1 N–H and O–H groups in total. The number of hydrazone groups is 1. The molecule has 1 atom stereocenters. The van der Waals surface area contributed by atoms with Gasteiger partial charge in [0.1, 0.15) is 6.61 Å². The van der Waals surface area contributed by atoms with Gasteiger partial charge >= 0.3 is 6.18 Å². The van der Waals surface area contributed by atoms with Crippen molar-refractivity contribution in [1.82, 2.24) is 5.43 Å². The van der Waals surface area contributed by atoms with Crippen molar-refractivity contribution in [2.75, 3.05) is 6.61 Å². The number of para-hydroxylation sites is 2. The molecule has 1 heterocycles. The molecule has 1 aliphatic heterocycles. The number of carbonyl (C=O) groups is 1. The maximum atomic E-state index is 12.5. The van der Waals surface area contributed by atoms with E-state index < -0.39 is 23.8 Å². The third-order valence-electron chi connectivity index (χ3n) is 3.43. The second-order valence-electron chi connectivity index (χ2n) is 5.22. The molecule has 0 fully saturated rings. The molecule has 5 nitrogen and oxygen atoms in total. The van der Waals surface area contributed by atoms with Gasteiger partial charge in [0, 0.05) is 0 Å². The van der Waals surface area contributed by atoms with Crippen LogP contribution in [0.5, 0.6) is 11.5 Å². The van der Waals surface area contributed by atoms with Crippen LogP contribution >= 0.6 is 0 Å². The predicted molar refractivity (Wildman–Crippen MR) is 83.5 cm³/mol. The van der Waals surface area contributed by atoms with E-state index in [9.17, 15) is 18.0 Å². The van der Waals surface area contributed by atoms with Crippen molar-refractivity contribution < 1.29 is 27.4 Å². The van der Waals surface area contributed by atoms with Crippen LogP contribution in [-0.4, -0.2) is 24.8 Å². The van der Waals surface area contributed by atoms with Gasteiger partial charge in [-0.2, -0.15) is 18.3 Å². The first-order valence-corrected chi connectivity index (χ1v) is 7.32. The number of amides is 1. The predicted octanol–water partition coefficient (Wildman–Crippen LogP) is 3.00. The molecule has 0 radical (unpaired) electrons. The zero-order valence-electron chi connectivity index (χ0n) is 12.8. The molecule has 25 heavy (non-hydrogen) atoms. The van der Waals surface area contributed by atoms with Gasteiger partial charge in [-0.1, -0.05) is 24.3 Å². The molecular weight excluding hydrogens is 337 g/mol. The Hall–Kier alpha value is -3.03. The molecule has 3 rings (SSSR count). The maximum absolute atomic E-state index is 12.5. The summed E-state index contributed by atoms with van der Waals surface area (Å²) in [6.45, 7) is 0.0403. The van der Waals surface area contributed by atoms with E-state index in [0.29, 0.717) is 17.1 Å². The Morgan fingerprint density at radius 1 is 1.12 bits per heavy atom. The summed E-state index contributed by atoms with van der Waals surface area (Å²) in [4.78, 5) is 12.0. The van der Waals surface area contributed by atoms with Crippen molar-refractivity contribution in [3.63, 3.8) is 0 Å². The molecule has 0 saturated heterocycles. The number of carbonyl (C=O) groups excluding carboxylic acids is 1. The molecule has 1 unspecified atom stereocenters. The van der Waals surface area contributed by atoms with Crippen LogP contribution in [-0.2, 0) is 11.0 Å². The van der Waals surface area contributed by atoms with Crippen LogP contribution in [0.4, 0.5) is 13.2 Å². The van der Waals surface area contributed by atoms with E-state index in [1.54, 1.807) is 24.3 Å². The zero-order valence-corrected chi connectivity index (χ0v) is 12.8. The summed E-state index contributed by atoms with van der Waals surface area (Å²) in [6.07, 6.45) is -4.01. The minimum Gasteiger partial charge on any atom is -0.485 e. The average Bonchev–Trinajstić information content (AvgIpc) is 2.61. The Bertz CT molecular complexity index is 788. The zero-order chi connectivity index (χ0) is 17.9. The lowest BCUT2D eigenvalue weighted by atomic mass is 10.1. The maximum Gasteiger partial charge on any atom is 0.416 e. The summed E-state index contributed by atoms with van der Waals surface area (Å²) >= 11 is 0. The molecule has 2 aromatic carbocycles. The summed E-state index contributed by atoms with van der Waals surface area (Å²) in [5.74, 6) is 0.498. The molecular formula is C17H13F3N2O3. The van der Waals surface area contributed by atoms with Gasteiger partial charge in [-0.25, -0.2) is 5.43 Å². The van der Waals surface area contributed by atoms with Crippen molar-refractivity contribution in [2.45, 2.75) is 12.3 Å². The monoisotopic (exact) mass is 350 g/mol. The van der Waals surface area contributed by atoms with Gasteiger partial charge in [-0.3, -0.25) is 4.79 Å². The molecule has 130 valence electrons. The van der Waals surface area contributed by atoms with Crippen LogP contribution in [0, 0.1) is 0 Å². The topological polar surface area (TPSA) is 59.9 Å². The Morgan fingerprint density at radius 2 is 1.80 bits per heavy atom. The third kappa shape index (κ3) is 4.09. The molecule has 0 bridgehead atoms. The number of nitrogens with one attached hydrogen (secondary N) is 1. The number of ether oxygens (including phenoxy) is 2. The van der Waals surface area contributed by atoms with E-state index in [4.69, 9.17) is 9.47 Å². The van der Waals surface area contributed by atoms with Crippen molar-refractivity contribution in [3.05, 3.63) is 59.7 Å². The summed E-state index contributed by atoms with van der Waals surface area (Å²) in [7, 11) is 0. The largest absolute Gasteiger partial charge is 0.485 e. The highest BCUT2D eigenvalue weighted by Gasteiger charge is 2.30. The van der Waals surface area contributed by atoms with E-state index >= 15 is 0 Å². The van der Waals surface area contributed by atoms with Gasteiger partial charge in [-0.15, -0.1) is 0 Å². The van der Waals surface area contributed by atoms with Crippen molar-refractivity contribution in [3.8, 4) is 11.5 Å². The molecule has 0 aromatic heterocycles. The van der Waals surface area contributed by atoms with E-state index in [2.05, 4.69) is 10.5 Å². The fraction of sp³-hybridized carbons (Fsp3) is 0.176. The van der Waals surface area contributed by atoms with Crippen LogP contribution in [0.3, 0.4) is 0 Å².